The van der Waals surface area contributed by atoms with Gasteiger partial charge in [0.2, 0.25) is 0 Å². The van der Waals surface area contributed by atoms with E-state index >= 15 is 0 Å². The molecule has 0 saturated carbocycles. The summed E-state index contributed by atoms with van der Waals surface area (Å²) in [6.45, 7) is 0.778. The maximum absolute atomic E-state index is 13.0. The molecule has 0 aromatic heterocycles. The van der Waals surface area contributed by atoms with Crippen LogP contribution in [0.4, 0.5) is 18.9 Å². The van der Waals surface area contributed by atoms with E-state index in [0.29, 0.717) is 17.0 Å². The van der Waals surface area contributed by atoms with E-state index in [4.69, 9.17) is 17.0 Å². The number of ether oxygens (including phenoxy) is 1. The first kappa shape index (κ1) is 19.1. The monoisotopic (exact) mass is 368 g/mol. The second kappa shape index (κ2) is 8.20. The van der Waals surface area contributed by atoms with Gasteiger partial charge in [-0.15, -0.1) is 0 Å². The molecule has 0 amide bonds. The Morgan fingerprint density at radius 3 is 2.32 bits per heavy atom. The van der Waals surface area contributed by atoms with Crippen LogP contribution in [0.25, 0.3) is 0 Å². The van der Waals surface area contributed by atoms with Crippen LogP contribution in [0.3, 0.4) is 0 Å². The molecule has 0 atom stereocenters. The van der Waals surface area contributed by atoms with Crippen LogP contribution in [0.5, 0.6) is 5.75 Å². The van der Waals surface area contributed by atoms with Crippen LogP contribution in [-0.2, 0) is 6.54 Å². The summed E-state index contributed by atoms with van der Waals surface area (Å²) in [4.78, 5) is 1.10. The van der Waals surface area contributed by atoms with Crippen LogP contribution in [0, 0.1) is 6.92 Å². The van der Waals surface area contributed by atoms with Crippen LogP contribution < -0.4 is 10.1 Å². The highest BCUT2D eigenvalue weighted by molar-refractivity contribution is 7.80. The lowest BCUT2D eigenvalue weighted by Crippen LogP contribution is -2.40. The number of benzene rings is 2. The molecule has 0 spiro atoms. The first-order valence-electron chi connectivity index (χ1n) is 7.60. The zero-order valence-electron chi connectivity index (χ0n) is 13.9. The normalized spacial score (nSPS) is 11.1. The van der Waals surface area contributed by atoms with Crippen molar-refractivity contribution >= 4 is 23.0 Å². The summed E-state index contributed by atoms with van der Waals surface area (Å²) in [5.74, 6) is 0.645. The van der Waals surface area contributed by atoms with Crippen LogP contribution in [0.2, 0.25) is 0 Å². The fraction of sp³-hybridized carbons (Fsp3) is 0.278. The third-order valence-electron chi connectivity index (χ3n) is 3.58. The number of nitrogens with zero attached hydrogens (tertiary/aromatic N) is 1. The number of hydrogen-bond acceptors (Lipinski definition) is 2. The lowest BCUT2D eigenvalue weighted by molar-refractivity contribution is -0.138. The summed E-state index contributed by atoms with van der Waals surface area (Å²) in [6, 6.07) is 14.2. The molecule has 0 radical (unpaired) electrons. The van der Waals surface area contributed by atoms with Gasteiger partial charge in [-0.05, 0) is 48.5 Å². The lowest BCUT2D eigenvalue weighted by Gasteiger charge is -2.27. The van der Waals surface area contributed by atoms with Crippen molar-refractivity contribution in [2.75, 3.05) is 19.0 Å². The molecule has 2 aromatic rings. The summed E-state index contributed by atoms with van der Waals surface area (Å²) in [5.41, 5.74) is 2.30. The van der Waals surface area contributed by atoms with Crippen LogP contribution in [0.1, 0.15) is 11.1 Å². The number of alkyl halides is 3. The Morgan fingerprint density at radius 2 is 1.76 bits per heavy atom. The molecule has 0 bridgehead atoms. The van der Waals surface area contributed by atoms with Crippen molar-refractivity contribution in [3.8, 4) is 5.75 Å². The van der Waals surface area contributed by atoms with Crippen molar-refractivity contribution < 1.29 is 17.9 Å². The molecule has 0 fully saturated rings. The minimum atomic E-state index is -4.36. The number of aryl methyl sites for hydroxylation is 1. The molecule has 3 nitrogen and oxygen atoms in total. The second-order valence-corrected chi connectivity index (χ2v) is 5.95. The van der Waals surface area contributed by atoms with E-state index in [1.165, 1.54) is 7.11 Å². The maximum Gasteiger partial charge on any atom is 0.406 e. The summed E-state index contributed by atoms with van der Waals surface area (Å²) in [5, 5.41) is 2.94. The fourth-order valence-electron chi connectivity index (χ4n) is 2.27. The average molecular weight is 368 g/mol. The van der Waals surface area contributed by atoms with Gasteiger partial charge < -0.3 is 15.0 Å². The Labute approximate surface area is 150 Å². The molecule has 0 saturated heterocycles. The molecule has 1 N–H and O–H groups in total. The van der Waals surface area contributed by atoms with E-state index in [2.05, 4.69) is 5.32 Å². The molecule has 0 aliphatic carbocycles. The summed E-state index contributed by atoms with van der Waals surface area (Å²) < 4.78 is 43.9. The Morgan fingerprint density at radius 1 is 1.12 bits per heavy atom. The Balaban J connectivity index is 2.16. The Hall–Kier alpha value is -2.28. The molecule has 2 rings (SSSR count). The minimum Gasteiger partial charge on any atom is -0.497 e. The van der Waals surface area contributed by atoms with Gasteiger partial charge in [0.15, 0.2) is 5.11 Å². The van der Waals surface area contributed by atoms with Crippen LogP contribution in [0.15, 0.2) is 48.5 Å². The zero-order chi connectivity index (χ0) is 18.4. The zero-order valence-corrected chi connectivity index (χ0v) is 14.7. The SMILES string of the molecule is COc1ccc(CN(CC(F)(F)F)C(=S)Nc2ccccc2C)cc1. The number of para-hydroxylation sites is 1. The highest BCUT2D eigenvalue weighted by atomic mass is 32.1. The average Bonchev–Trinajstić information content (AvgIpc) is 2.56. The summed E-state index contributed by atoms with van der Waals surface area (Å²) in [7, 11) is 1.53. The quantitative estimate of drug-likeness (QED) is 0.769. The molecule has 0 aliphatic rings. The van der Waals surface area contributed by atoms with Gasteiger partial charge in [-0.3, -0.25) is 0 Å². The summed E-state index contributed by atoms with van der Waals surface area (Å²) >= 11 is 5.22. The molecular formula is C18H19F3N2OS. The van der Waals surface area contributed by atoms with Gasteiger partial charge >= 0.3 is 6.18 Å². The van der Waals surface area contributed by atoms with Crippen LogP contribution >= 0.6 is 12.2 Å². The first-order valence-corrected chi connectivity index (χ1v) is 8.00. The number of thiocarbonyl (C=S) groups is 1. The number of halogens is 3. The third kappa shape index (κ3) is 5.94. The largest absolute Gasteiger partial charge is 0.497 e. The molecule has 25 heavy (non-hydrogen) atoms. The van der Waals surface area contributed by atoms with Crippen molar-refractivity contribution in [3.63, 3.8) is 0 Å². The fourth-order valence-corrected chi connectivity index (χ4v) is 2.51. The van der Waals surface area contributed by atoms with Crippen LogP contribution in [-0.4, -0.2) is 29.8 Å². The molecule has 0 aliphatic heterocycles. The number of anilines is 1. The van der Waals surface area contributed by atoms with Crippen molar-refractivity contribution in [2.24, 2.45) is 0 Å². The van der Waals surface area contributed by atoms with Gasteiger partial charge in [-0.1, -0.05) is 30.3 Å². The minimum absolute atomic E-state index is 0.0300. The molecule has 7 heteroatoms. The molecule has 2 aromatic carbocycles. The highest BCUT2D eigenvalue weighted by Gasteiger charge is 2.32. The van der Waals surface area contributed by atoms with Gasteiger partial charge in [-0.2, -0.15) is 13.2 Å². The van der Waals surface area contributed by atoms with Crippen molar-refractivity contribution in [1.29, 1.82) is 0 Å². The number of methoxy groups -OCH3 is 1. The van der Waals surface area contributed by atoms with E-state index < -0.39 is 12.7 Å². The molecular weight excluding hydrogens is 349 g/mol. The highest BCUT2D eigenvalue weighted by Crippen LogP contribution is 2.21. The smallest absolute Gasteiger partial charge is 0.406 e. The van der Waals surface area contributed by atoms with Gasteiger partial charge in [0, 0.05) is 12.2 Å². The van der Waals surface area contributed by atoms with E-state index in [1.807, 2.05) is 19.1 Å². The van der Waals surface area contributed by atoms with E-state index in [0.717, 1.165) is 10.5 Å². The van der Waals surface area contributed by atoms with E-state index in [9.17, 15) is 13.2 Å². The summed E-state index contributed by atoms with van der Waals surface area (Å²) in [6.07, 6.45) is -4.36. The second-order valence-electron chi connectivity index (χ2n) is 5.56. The lowest BCUT2D eigenvalue weighted by atomic mass is 10.2. The van der Waals surface area contributed by atoms with Crippen molar-refractivity contribution in [2.45, 2.75) is 19.6 Å². The maximum atomic E-state index is 13.0. The number of hydrogen-bond donors (Lipinski definition) is 1. The number of nitrogens with one attached hydrogen (secondary N) is 1. The first-order chi connectivity index (χ1) is 11.8. The van der Waals surface area contributed by atoms with Crippen molar-refractivity contribution in [1.82, 2.24) is 4.90 Å². The topological polar surface area (TPSA) is 24.5 Å². The standard InChI is InChI=1S/C18H19F3N2OS/c1-13-5-3-4-6-16(13)22-17(25)23(12-18(19,20)21)11-14-7-9-15(24-2)10-8-14/h3-10H,11-12H2,1-2H3,(H,22,25). The van der Waals surface area contributed by atoms with Gasteiger partial charge in [0.05, 0.1) is 7.11 Å². The predicted octanol–water partition coefficient (Wildman–Crippen LogP) is 4.76. The molecule has 134 valence electrons. The van der Waals surface area contributed by atoms with Gasteiger partial charge in [0.25, 0.3) is 0 Å². The Kier molecular flexibility index (Phi) is 6.25. The number of rotatable bonds is 5. The third-order valence-corrected chi connectivity index (χ3v) is 3.94. The molecule has 0 heterocycles. The predicted molar refractivity (Wildman–Crippen MR) is 96.9 cm³/mol. The van der Waals surface area contributed by atoms with Gasteiger partial charge in [-0.25, -0.2) is 0 Å². The van der Waals surface area contributed by atoms with Gasteiger partial charge in [0.1, 0.15) is 12.3 Å². The van der Waals surface area contributed by atoms with E-state index in [1.54, 1.807) is 36.4 Å². The van der Waals surface area contributed by atoms with E-state index in [-0.39, 0.29) is 11.7 Å². The van der Waals surface area contributed by atoms with Crippen molar-refractivity contribution in [3.05, 3.63) is 59.7 Å². The Bertz CT molecular complexity index is 717. The molecule has 0 unspecified atom stereocenters.